The van der Waals surface area contributed by atoms with Gasteiger partial charge in [0.15, 0.2) is 11.6 Å². The number of rotatable bonds is 6. The van der Waals surface area contributed by atoms with Crippen LogP contribution in [-0.2, 0) is 0 Å². The first-order valence-electron chi connectivity index (χ1n) is 6.06. The van der Waals surface area contributed by atoms with Crippen LogP contribution in [0.2, 0.25) is 0 Å². The summed E-state index contributed by atoms with van der Waals surface area (Å²) in [6, 6.07) is 1.45. The lowest BCUT2D eigenvalue weighted by Gasteiger charge is -2.15. The van der Waals surface area contributed by atoms with Crippen LogP contribution < -0.4 is 9.47 Å². The molecule has 0 radical (unpaired) electrons. The molecule has 0 saturated carbocycles. The second-order valence-corrected chi connectivity index (χ2v) is 3.93. The van der Waals surface area contributed by atoms with E-state index in [0.29, 0.717) is 0 Å². The lowest BCUT2D eigenvalue weighted by atomic mass is 9.98. The molecule has 0 atom stereocenters. The molecule has 1 aromatic carbocycles. The Labute approximate surface area is 112 Å². The van der Waals surface area contributed by atoms with Gasteiger partial charge in [-0.1, -0.05) is 13.8 Å². The van der Waals surface area contributed by atoms with Crippen molar-refractivity contribution in [2.24, 2.45) is 0 Å². The molecule has 0 saturated heterocycles. The predicted molar refractivity (Wildman–Crippen MR) is 70.5 cm³/mol. The molecule has 0 aliphatic rings. The summed E-state index contributed by atoms with van der Waals surface area (Å²) in [5, 5.41) is 10.2. The number of ketones is 2. The Kier molecular flexibility index (Phi) is 4.92. The van der Waals surface area contributed by atoms with Crippen molar-refractivity contribution in [3.05, 3.63) is 17.2 Å². The van der Waals surface area contributed by atoms with Gasteiger partial charge in [-0.3, -0.25) is 9.59 Å². The lowest BCUT2D eigenvalue weighted by molar-refractivity contribution is 0.0979. The van der Waals surface area contributed by atoms with Crippen molar-refractivity contribution >= 4 is 11.6 Å². The number of phenolic OH excluding ortho intramolecular Hbond substituents is 1. The van der Waals surface area contributed by atoms with Crippen LogP contribution in [0.4, 0.5) is 0 Å². The van der Waals surface area contributed by atoms with Crippen LogP contribution in [-0.4, -0.2) is 30.9 Å². The molecular weight excluding hydrogens is 248 g/mol. The molecule has 0 aliphatic heterocycles. The van der Waals surface area contributed by atoms with Crippen molar-refractivity contribution in [3.8, 4) is 17.2 Å². The van der Waals surface area contributed by atoms with Gasteiger partial charge in [0, 0.05) is 18.9 Å². The second-order valence-electron chi connectivity index (χ2n) is 3.93. The van der Waals surface area contributed by atoms with Crippen LogP contribution in [0.25, 0.3) is 0 Å². The molecule has 5 heteroatoms. The molecule has 0 spiro atoms. The number of ether oxygens (including phenoxy) is 2. The number of carbonyl (C=O) groups is 2. The standard InChI is InChI=1S/C14H18O5/c1-5-8(15)12-10(18-3)7-11(19-4)13(14(12)17)9(16)6-2/h7,17H,5-6H2,1-4H3. The molecule has 1 rings (SSSR count). The number of benzene rings is 1. The first-order valence-corrected chi connectivity index (χ1v) is 6.06. The first-order chi connectivity index (χ1) is 9.01. The van der Waals surface area contributed by atoms with Gasteiger partial charge < -0.3 is 14.6 Å². The monoisotopic (exact) mass is 266 g/mol. The topological polar surface area (TPSA) is 72.8 Å². The van der Waals surface area contributed by atoms with Crippen molar-refractivity contribution in [2.45, 2.75) is 26.7 Å². The molecule has 104 valence electrons. The second kappa shape index (κ2) is 6.22. The van der Waals surface area contributed by atoms with Crippen LogP contribution in [0.15, 0.2) is 6.07 Å². The van der Waals surface area contributed by atoms with Gasteiger partial charge in [0.05, 0.1) is 14.2 Å². The maximum absolute atomic E-state index is 11.9. The van der Waals surface area contributed by atoms with Gasteiger partial charge in [-0.15, -0.1) is 0 Å². The number of hydrogen-bond donors (Lipinski definition) is 1. The summed E-state index contributed by atoms with van der Waals surface area (Å²) < 4.78 is 10.2. The third-order valence-corrected chi connectivity index (χ3v) is 2.87. The minimum Gasteiger partial charge on any atom is -0.506 e. The quantitative estimate of drug-likeness (QED) is 0.801. The third-order valence-electron chi connectivity index (χ3n) is 2.87. The maximum Gasteiger partial charge on any atom is 0.170 e. The number of carbonyl (C=O) groups excluding carboxylic acids is 2. The van der Waals surface area contributed by atoms with E-state index in [9.17, 15) is 14.7 Å². The Balaban J connectivity index is 3.64. The number of methoxy groups -OCH3 is 2. The summed E-state index contributed by atoms with van der Waals surface area (Å²) >= 11 is 0. The lowest BCUT2D eigenvalue weighted by Crippen LogP contribution is -2.08. The highest BCUT2D eigenvalue weighted by atomic mass is 16.5. The molecule has 5 nitrogen and oxygen atoms in total. The summed E-state index contributed by atoms with van der Waals surface area (Å²) in [4.78, 5) is 23.8. The smallest absolute Gasteiger partial charge is 0.170 e. The molecule has 0 aliphatic carbocycles. The zero-order valence-electron chi connectivity index (χ0n) is 11.6. The number of phenols is 1. The molecule has 0 bridgehead atoms. The molecule has 19 heavy (non-hydrogen) atoms. The molecule has 0 heterocycles. The fraction of sp³-hybridized carbons (Fsp3) is 0.429. The van der Waals surface area contributed by atoms with Crippen molar-refractivity contribution in [3.63, 3.8) is 0 Å². The molecule has 0 fully saturated rings. The molecule has 0 aromatic heterocycles. The average Bonchev–Trinajstić information content (AvgIpc) is 2.44. The van der Waals surface area contributed by atoms with Gasteiger partial charge in [-0.2, -0.15) is 0 Å². The van der Waals surface area contributed by atoms with E-state index in [4.69, 9.17) is 9.47 Å². The van der Waals surface area contributed by atoms with Crippen molar-refractivity contribution in [1.82, 2.24) is 0 Å². The normalized spacial score (nSPS) is 10.1. The fourth-order valence-corrected chi connectivity index (χ4v) is 1.84. The summed E-state index contributed by atoms with van der Waals surface area (Å²) in [6.07, 6.45) is 0.409. The van der Waals surface area contributed by atoms with Gasteiger partial charge in [-0.05, 0) is 0 Å². The Morgan fingerprint density at radius 1 is 1.00 bits per heavy atom. The van der Waals surface area contributed by atoms with E-state index < -0.39 is 0 Å². The summed E-state index contributed by atoms with van der Waals surface area (Å²) in [7, 11) is 2.78. The molecule has 1 aromatic rings. The summed E-state index contributed by atoms with van der Waals surface area (Å²) in [6.45, 7) is 3.35. The highest BCUT2D eigenvalue weighted by molar-refractivity contribution is 6.08. The Morgan fingerprint density at radius 2 is 1.37 bits per heavy atom. The Morgan fingerprint density at radius 3 is 1.63 bits per heavy atom. The zero-order chi connectivity index (χ0) is 14.6. The third kappa shape index (κ3) is 2.70. The van der Waals surface area contributed by atoms with Crippen LogP contribution in [0.3, 0.4) is 0 Å². The van der Waals surface area contributed by atoms with Crippen molar-refractivity contribution in [2.75, 3.05) is 14.2 Å². The fourth-order valence-electron chi connectivity index (χ4n) is 1.84. The van der Waals surface area contributed by atoms with Crippen molar-refractivity contribution < 1.29 is 24.2 Å². The minimum atomic E-state index is -0.366. The van der Waals surface area contributed by atoms with E-state index in [1.54, 1.807) is 13.8 Å². The predicted octanol–water partition coefficient (Wildman–Crippen LogP) is 2.59. The van der Waals surface area contributed by atoms with E-state index in [1.807, 2.05) is 0 Å². The molecule has 1 N–H and O–H groups in total. The van der Waals surface area contributed by atoms with Crippen molar-refractivity contribution in [1.29, 1.82) is 0 Å². The molecule has 0 amide bonds. The van der Waals surface area contributed by atoms with E-state index in [2.05, 4.69) is 0 Å². The van der Waals surface area contributed by atoms with E-state index in [-0.39, 0.29) is 52.8 Å². The van der Waals surface area contributed by atoms with Crippen LogP contribution in [0.1, 0.15) is 47.4 Å². The van der Waals surface area contributed by atoms with Gasteiger partial charge >= 0.3 is 0 Å². The number of Topliss-reactive ketones (excluding diaryl/α,β-unsaturated/α-hetero) is 2. The van der Waals surface area contributed by atoms with Gasteiger partial charge in [0.25, 0.3) is 0 Å². The zero-order valence-corrected chi connectivity index (χ0v) is 11.6. The van der Waals surface area contributed by atoms with Crippen LogP contribution in [0, 0.1) is 0 Å². The maximum atomic E-state index is 11.9. The van der Waals surface area contributed by atoms with Gasteiger partial charge in [0.2, 0.25) is 0 Å². The Bertz CT molecular complexity index is 463. The van der Waals surface area contributed by atoms with Crippen LogP contribution in [0.5, 0.6) is 17.2 Å². The molecular formula is C14H18O5. The average molecular weight is 266 g/mol. The van der Waals surface area contributed by atoms with Gasteiger partial charge in [0.1, 0.15) is 28.4 Å². The highest BCUT2D eigenvalue weighted by Crippen LogP contribution is 2.39. The first kappa shape index (κ1) is 15.0. The van der Waals surface area contributed by atoms with E-state index >= 15 is 0 Å². The molecule has 0 unspecified atom stereocenters. The summed E-state index contributed by atoms with van der Waals surface area (Å²) in [5.41, 5.74) is 0.0604. The van der Waals surface area contributed by atoms with Crippen LogP contribution >= 0.6 is 0 Å². The Hall–Kier alpha value is -2.04. The SMILES string of the molecule is CCC(=O)c1c(OC)cc(OC)c(C(=O)CC)c1O. The minimum absolute atomic E-state index is 0.0302. The largest absolute Gasteiger partial charge is 0.506 e. The van der Waals surface area contributed by atoms with Gasteiger partial charge in [-0.25, -0.2) is 0 Å². The highest BCUT2D eigenvalue weighted by Gasteiger charge is 2.26. The number of aromatic hydroxyl groups is 1. The number of hydrogen-bond acceptors (Lipinski definition) is 5. The van der Waals surface area contributed by atoms with E-state index in [0.717, 1.165) is 0 Å². The van der Waals surface area contributed by atoms with E-state index in [1.165, 1.54) is 20.3 Å². The summed E-state index contributed by atoms with van der Waals surface area (Å²) in [5.74, 6) is -0.540.